The minimum Gasteiger partial charge on any atom is -0.390 e. The van der Waals surface area contributed by atoms with Gasteiger partial charge in [0.15, 0.2) is 0 Å². The number of benzene rings is 1. The van der Waals surface area contributed by atoms with Crippen molar-refractivity contribution in [1.29, 1.82) is 0 Å². The first-order valence-electron chi connectivity index (χ1n) is 7.08. The van der Waals surface area contributed by atoms with E-state index in [0.29, 0.717) is 30.3 Å². The molecule has 1 unspecified atom stereocenters. The monoisotopic (exact) mass is 312 g/mol. The van der Waals surface area contributed by atoms with Gasteiger partial charge in [0.25, 0.3) is 5.91 Å². The van der Waals surface area contributed by atoms with Crippen LogP contribution in [0.25, 0.3) is 0 Å². The van der Waals surface area contributed by atoms with E-state index >= 15 is 0 Å². The smallest absolute Gasteiger partial charge is 0.251 e. The Morgan fingerprint density at radius 1 is 1.43 bits per heavy atom. The quantitative estimate of drug-likeness (QED) is 0.854. The Labute approximate surface area is 129 Å². The number of aryl methyl sites for hydroxylation is 1. The molecule has 1 aliphatic rings. The Bertz CT molecular complexity index is 470. The van der Waals surface area contributed by atoms with Crippen LogP contribution in [0.1, 0.15) is 15.9 Å². The number of nitrogens with zero attached hydrogens (tertiary/aromatic N) is 1. The van der Waals surface area contributed by atoms with Crippen LogP contribution < -0.4 is 5.32 Å². The molecule has 2 rings (SSSR count). The molecule has 1 amide bonds. The summed E-state index contributed by atoms with van der Waals surface area (Å²) in [6, 6.07) is 5.19. The summed E-state index contributed by atoms with van der Waals surface area (Å²) < 4.78 is 5.25. The summed E-state index contributed by atoms with van der Waals surface area (Å²) in [6.45, 7) is 5.68. The van der Waals surface area contributed by atoms with Gasteiger partial charge < -0.3 is 15.2 Å². The van der Waals surface area contributed by atoms with Gasteiger partial charge in [-0.25, -0.2) is 0 Å². The first-order chi connectivity index (χ1) is 10.0. The second kappa shape index (κ2) is 7.75. The van der Waals surface area contributed by atoms with Gasteiger partial charge in [-0.15, -0.1) is 0 Å². The maximum absolute atomic E-state index is 12.0. The molecule has 1 atom stereocenters. The first kappa shape index (κ1) is 16.2. The lowest BCUT2D eigenvalue weighted by molar-refractivity contribution is 0.0149. The highest BCUT2D eigenvalue weighted by Crippen LogP contribution is 2.14. The lowest BCUT2D eigenvalue weighted by Crippen LogP contribution is -2.44. The molecule has 0 aliphatic carbocycles. The zero-order valence-corrected chi connectivity index (χ0v) is 12.9. The van der Waals surface area contributed by atoms with Crippen LogP contribution in [0.5, 0.6) is 0 Å². The molecule has 1 aliphatic heterocycles. The predicted molar refractivity (Wildman–Crippen MR) is 81.8 cm³/mol. The fraction of sp³-hybridized carbons (Fsp3) is 0.533. The minimum absolute atomic E-state index is 0.221. The molecule has 6 heteroatoms. The van der Waals surface area contributed by atoms with Crippen LogP contribution in [-0.2, 0) is 4.74 Å². The molecule has 0 radical (unpaired) electrons. The fourth-order valence-corrected chi connectivity index (χ4v) is 2.62. The van der Waals surface area contributed by atoms with Gasteiger partial charge in [0.1, 0.15) is 0 Å². The average molecular weight is 313 g/mol. The van der Waals surface area contributed by atoms with Crippen molar-refractivity contribution < 1.29 is 14.6 Å². The van der Waals surface area contributed by atoms with Crippen molar-refractivity contribution in [3.8, 4) is 0 Å². The van der Waals surface area contributed by atoms with E-state index in [9.17, 15) is 9.90 Å². The highest BCUT2D eigenvalue weighted by Gasteiger charge is 2.16. The lowest BCUT2D eigenvalue weighted by atomic mass is 10.1. The Balaban J connectivity index is 1.79. The molecule has 0 spiro atoms. The van der Waals surface area contributed by atoms with E-state index in [-0.39, 0.29) is 12.5 Å². The van der Waals surface area contributed by atoms with Gasteiger partial charge in [-0.05, 0) is 30.7 Å². The van der Waals surface area contributed by atoms with Crippen LogP contribution >= 0.6 is 11.6 Å². The SMILES string of the molecule is Cc1cc(Cl)cc(C(=O)NCC(O)CN2CCOCC2)c1. The number of halogens is 1. The van der Waals surface area contributed by atoms with Gasteiger partial charge in [0, 0.05) is 36.8 Å². The van der Waals surface area contributed by atoms with E-state index in [4.69, 9.17) is 16.3 Å². The number of carbonyl (C=O) groups excluding carboxylic acids is 1. The van der Waals surface area contributed by atoms with Crippen LogP contribution in [0.3, 0.4) is 0 Å². The standard InChI is InChI=1S/C15H21ClN2O3/c1-11-6-12(8-13(16)7-11)15(20)17-9-14(19)10-18-2-4-21-5-3-18/h6-8,14,19H,2-5,9-10H2,1H3,(H,17,20). The molecule has 1 heterocycles. The van der Waals surface area contributed by atoms with Crippen LogP contribution in [0.15, 0.2) is 18.2 Å². The van der Waals surface area contributed by atoms with Gasteiger partial charge in [-0.3, -0.25) is 9.69 Å². The number of carbonyl (C=O) groups is 1. The largest absolute Gasteiger partial charge is 0.390 e. The number of amides is 1. The van der Waals surface area contributed by atoms with E-state index in [0.717, 1.165) is 18.7 Å². The van der Waals surface area contributed by atoms with Crippen LogP contribution in [0, 0.1) is 6.92 Å². The zero-order valence-electron chi connectivity index (χ0n) is 12.1. The van der Waals surface area contributed by atoms with Gasteiger partial charge in [0.2, 0.25) is 0 Å². The highest BCUT2D eigenvalue weighted by molar-refractivity contribution is 6.31. The van der Waals surface area contributed by atoms with Crippen molar-refractivity contribution in [2.45, 2.75) is 13.0 Å². The van der Waals surface area contributed by atoms with Crippen LogP contribution in [0.4, 0.5) is 0 Å². The second-order valence-corrected chi connectivity index (χ2v) is 5.73. The van der Waals surface area contributed by atoms with E-state index in [1.807, 2.05) is 6.92 Å². The Morgan fingerprint density at radius 3 is 2.81 bits per heavy atom. The fourth-order valence-electron chi connectivity index (χ4n) is 2.33. The number of nitrogens with one attached hydrogen (secondary N) is 1. The van der Waals surface area contributed by atoms with E-state index in [2.05, 4.69) is 10.2 Å². The van der Waals surface area contributed by atoms with Crippen molar-refractivity contribution in [3.05, 3.63) is 34.3 Å². The van der Waals surface area contributed by atoms with Gasteiger partial charge in [-0.2, -0.15) is 0 Å². The average Bonchev–Trinajstić information content (AvgIpc) is 2.45. The van der Waals surface area contributed by atoms with Crippen molar-refractivity contribution in [3.63, 3.8) is 0 Å². The number of rotatable bonds is 5. The molecule has 116 valence electrons. The van der Waals surface area contributed by atoms with Crippen molar-refractivity contribution in [1.82, 2.24) is 10.2 Å². The van der Waals surface area contributed by atoms with Gasteiger partial charge in [-0.1, -0.05) is 11.6 Å². The predicted octanol–water partition coefficient (Wildman–Crippen LogP) is 1.07. The molecule has 1 aromatic rings. The van der Waals surface area contributed by atoms with Crippen LogP contribution in [0.2, 0.25) is 5.02 Å². The number of morpholine rings is 1. The Morgan fingerprint density at radius 2 is 2.14 bits per heavy atom. The summed E-state index contributed by atoms with van der Waals surface area (Å²) in [6.07, 6.45) is -0.590. The molecular formula is C15H21ClN2O3. The molecule has 0 aromatic heterocycles. The zero-order chi connectivity index (χ0) is 15.2. The van der Waals surface area contributed by atoms with Crippen molar-refractivity contribution in [2.24, 2.45) is 0 Å². The molecule has 21 heavy (non-hydrogen) atoms. The molecule has 1 aromatic carbocycles. The minimum atomic E-state index is -0.590. The summed E-state index contributed by atoms with van der Waals surface area (Å²) in [5, 5.41) is 13.3. The summed E-state index contributed by atoms with van der Waals surface area (Å²) in [5.74, 6) is -0.221. The van der Waals surface area contributed by atoms with Crippen LogP contribution in [-0.4, -0.2) is 61.4 Å². The lowest BCUT2D eigenvalue weighted by Gasteiger charge is -2.28. The number of hydrogen-bond donors (Lipinski definition) is 2. The third-order valence-corrected chi connectivity index (χ3v) is 3.59. The molecule has 1 saturated heterocycles. The summed E-state index contributed by atoms with van der Waals surface area (Å²) >= 11 is 5.94. The van der Waals surface area contributed by atoms with E-state index in [1.54, 1.807) is 18.2 Å². The molecule has 0 saturated carbocycles. The molecule has 0 bridgehead atoms. The topological polar surface area (TPSA) is 61.8 Å². The van der Waals surface area contributed by atoms with Gasteiger partial charge in [0.05, 0.1) is 19.3 Å². The third-order valence-electron chi connectivity index (χ3n) is 3.38. The summed E-state index contributed by atoms with van der Waals surface area (Å²) in [5.41, 5.74) is 1.44. The van der Waals surface area contributed by atoms with E-state index < -0.39 is 6.10 Å². The van der Waals surface area contributed by atoms with Crippen molar-refractivity contribution in [2.75, 3.05) is 39.4 Å². The normalized spacial score (nSPS) is 17.5. The number of β-amino-alcohol motifs (C(OH)–C–C–N with tert-alkyl or cyclic N) is 1. The third kappa shape index (κ3) is 5.28. The second-order valence-electron chi connectivity index (χ2n) is 5.29. The molecule has 5 nitrogen and oxygen atoms in total. The maximum atomic E-state index is 12.0. The van der Waals surface area contributed by atoms with E-state index in [1.165, 1.54) is 0 Å². The van der Waals surface area contributed by atoms with Gasteiger partial charge >= 0.3 is 0 Å². The Hall–Kier alpha value is -1.14. The van der Waals surface area contributed by atoms with Crippen molar-refractivity contribution >= 4 is 17.5 Å². The maximum Gasteiger partial charge on any atom is 0.251 e. The summed E-state index contributed by atoms with van der Waals surface area (Å²) in [7, 11) is 0. The molecule has 2 N–H and O–H groups in total. The molecule has 1 fully saturated rings. The molecular weight excluding hydrogens is 292 g/mol. The number of hydrogen-bond acceptors (Lipinski definition) is 4. The number of ether oxygens (including phenoxy) is 1. The summed E-state index contributed by atoms with van der Waals surface area (Å²) in [4.78, 5) is 14.2. The number of aliphatic hydroxyl groups excluding tert-OH is 1. The highest BCUT2D eigenvalue weighted by atomic mass is 35.5. The Kier molecular flexibility index (Phi) is 5.99. The first-order valence-corrected chi connectivity index (χ1v) is 7.46. The number of aliphatic hydroxyl groups is 1.